The van der Waals surface area contributed by atoms with Crippen LogP contribution in [0.15, 0.2) is 30.3 Å². The number of aromatic nitrogens is 2. The summed E-state index contributed by atoms with van der Waals surface area (Å²) in [5.74, 6) is 3.27. The first-order valence-electron chi connectivity index (χ1n) is 13.2. The summed E-state index contributed by atoms with van der Waals surface area (Å²) in [6.45, 7) is 10.2. The van der Waals surface area contributed by atoms with Crippen molar-refractivity contribution >= 4 is 11.6 Å². The van der Waals surface area contributed by atoms with Crippen molar-refractivity contribution in [1.82, 2.24) is 20.2 Å². The van der Waals surface area contributed by atoms with Gasteiger partial charge in [-0.05, 0) is 39.1 Å². The summed E-state index contributed by atoms with van der Waals surface area (Å²) in [7, 11) is 6.09. The summed E-state index contributed by atoms with van der Waals surface area (Å²) in [6, 6.07) is 10.3. The van der Waals surface area contributed by atoms with Crippen molar-refractivity contribution in [2.24, 2.45) is 0 Å². The molecule has 2 aliphatic rings. The van der Waals surface area contributed by atoms with Crippen LogP contribution in [0, 0.1) is 0 Å². The molecule has 0 spiro atoms. The molecule has 9 heteroatoms. The Kier molecular flexibility index (Phi) is 11.2. The van der Waals surface area contributed by atoms with Crippen LogP contribution in [0.5, 0.6) is 5.75 Å². The molecule has 2 aliphatic heterocycles. The van der Waals surface area contributed by atoms with E-state index in [1.807, 2.05) is 45.2 Å². The average Bonchev–Trinajstić information content (AvgIpc) is 2.93. The number of ether oxygens (including phenoxy) is 2. The molecule has 2 aromatic rings. The fraction of sp³-hybridized carbons (Fsp3) is 0.630. The van der Waals surface area contributed by atoms with Crippen LogP contribution in [-0.2, 0) is 4.74 Å². The van der Waals surface area contributed by atoms with Crippen LogP contribution < -0.4 is 19.9 Å². The number of nitrogens with one attached hydrogen (secondary N) is 1. The minimum Gasteiger partial charge on any atom is -0.491 e. The molecular formula is C27H44N6O3. The minimum absolute atomic E-state index is 0.226. The summed E-state index contributed by atoms with van der Waals surface area (Å²) in [6.07, 6.45) is 1.43. The van der Waals surface area contributed by atoms with Gasteiger partial charge in [-0.1, -0.05) is 26.0 Å². The van der Waals surface area contributed by atoms with E-state index in [0.29, 0.717) is 24.2 Å². The van der Waals surface area contributed by atoms with E-state index in [1.54, 1.807) is 0 Å². The van der Waals surface area contributed by atoms with E-state index in [4.69, 9.17) is 19.4 Å². The first kappa shape index (κ1) is 28.1. The number of benzene rings is 1. The second-order valence-corrected chi connectivity index (χ2v) is 9.20. The SMILES string of the molecule is CC.CNCC(O)COc1cccc(-c2nc(N3CCN(C)CC3)cc(N(C)C3CCOCC3)n2)c1. The maximum absolute atomic E-state index is 9.98. The zero-order valence-corrected chi connectivity index (χ0v) is 22.6. The maximum atomic E-state index is 9.98. The largest absolute Gasteiger partial charge is 0.491 e. The third-order valence-corrected chi connectivity index (χ3v) is 6.60. The summed E-state index contributed by atoms with van der Waals surface area (Å²) in [5, 5.41) is 12.9. The lowest BCUT2D eigenvalue weighted by molar-refractivity contribution is 0.0853. The number of nitrogens with zero attached hydrogens (tertiary/aromatic N) is 5. The highest BCUT2D eigenvalue weighted by Crippen LogP contribution is 2.29. The second-order valence-electron chi connectivity index (χ2n) is 9.20. The fourth-order valence-corrected chi connectivity index (χ4v) is 4.40. The van der Waals surface area contributed by atoms with Crippen molar-refractivity contribution in [2.75, 3.05) is 83.5 Å². The topological polar surface area (TPSA) is 86.2 Å². The lowest BCUT2D eigenvalue weighted by atomic mass is 10.1. The number of likely N-dealkylation sites (N-methyl/N-ethyl adjacent to an activating group) is 2. The lowest BCUT2D eigenvalue weighted by Gasteiger charge is -2.35. The molecule has 0 radical (unpaired) electrons. The Morgan fingerprint density at radius 2 is 1.86 bits per heavy atom. The lowest BCUT2D eigenvalue weighted by Crippen LogP contribution is -2.45. The highest BCUT2D eigenvalue weighted by molar-refractivity contribution is 5.64. The number of aliphatic hydroxyl groups is 1. The van der Waals surface area contributed by atoms with Crippen LogP contribution in [0.1, 0.15) is 26.7 Å². The Hall–Kier alpha value is -2.46. The van der Waals surface area contributed by atoms with Crippen molar-refractivity contribution in [3.8, 4) is 17.1 Å². The van der Waals surface area contributed by atoms with E-state index in [1.165, 1.54) is 0 Å². The minimum atomic E-state index is -0.565. The number of aliphatic hydroxyl groups excluding tert-OH is 1. The van der Waals surface area contributed by atoms with Crippen LogP contribution in [0.2, 0.25) is 0 Å². The van der Waals surface area contributed by atoms with Crippen molar-refractivity contribution in [3.05, 3.63) is 30.3 Å². The van der Waals surface area contributed by atoms with Gasteiger partial charge in [0.1, 0.15) is 30.1 Å². The van der Waals surface area contributed by atoms with Crippen LogP contribution in [0.3, 0.4) is 0 Å². The first-order valence-corrected chi connectivity index (χ1v) is 13.2. The molecule has 9 nitrogen and oxygen atoms in total. The monoisotopic (exact) mass is 500 g/mol. The van der Waals surface area contributed by atoms with Gasteiger partial charge in [0.05, 0.1) is 0 Å². The van der Waals surface area contributed by atoms with Gasteiger partial charge in [-0.15, -0.1) is 0 Å². The molecule has 1 atom stereocenters. The molecule has 36 heavy (non-hydrogen) atoms. The standard InChI is InChI=1S/C25H38N6O3.C2H6/c1-26-17-21(32)18-34-22-6-4-5-19(15-22)25-27-23(30(3)20-7-13-33-14-8-20)16-24(28-25)31-11-9-29(2)10-12-31;1-2/h4-6,15-16,20-21,26,32H,7-14,17-18H2,1-3H3;1-2H3. The van der Waals surface area contributed by atoms with Gasteiger partial charge in [0.25, 0.3) is 0 Å². The van der Waals surface area contributed by atoms with Crippen LogP contribution in [-0.4, -0.2) is 106 Å². The van der Waals surface area contributed by atoms with Crippen LogP contribution in [0.4, 0.5) is 11.6 Å². The molecule has 0 bridgehead atoms. The average molecular weight is 501 g/mol. The molecule has 0 saturated carbocycles. The normalized spacial score (nSPS) is 17.8. The Morgan fingerprint density at radius 3 is 2.56 bits per heavy atom. The second kappa shape index (κ2) is 14.3. The number of hydrogen-bond donors (Lipinski definition) is 2. The molecule has 0 aliphatic carbocycles. The zero-order valence-electron chi connectivity index (χ0n) is 22.6. The fourth-order valence-electron chi connectivity index (χ4n) is 4.40. The van der Waals surface area contributed by atoms with Gasteiger partial charge >= 0.3 is 0 Å². The smallest absolute Gasteiger partial charge is 0.163 e. The van der Waals surface area contributed by atoms with Crippen molar-refractivity contribution in [2.45, 2.75) is 38.8 Å². The molecule has 3 heterocycles. The first-order chi connectivity index (χ1) is 17.5. The number of rotatable bonds is 9. The third-order valence-electron chi connectivity index (χ3n) is 6.60. The number of piperazine rings is 1. The Morgan fingerprint density at radius 1 is 1.14 bits per heavy atom. The summed E-state index contributed by atoms with van der Waals surface area (Å²) < 4.78 is 11.4. The highest BCUT2D eigenvalue weighted by Gasteiger charge is 2.23. The Bertz CT molecular complexity index is 916. The van der Waals surface area contributed by atoms with Gasteiger partial charge in [0.15, 0.2) is 5.82 Å². The van der Waals surface area contributed by atoms with Gasteiger partial charge in [-0.25, -0.2) is 9.97 Å². The van der Waals surface area contributed by atoms with Crippen LogP contribution in [0.25, 0.3) is 11.4 Å². The van der Waals surface area contributed by atoms with E-state index < -0.39 is 6.10 Å². The third kappa shape index (κ3) is 7.77. The maximum Gasteiger partial charge on any atom is 0.163 e. The van der Waals surface area contributed by atoms with Crippen LogP contribution >= 0.6 is 0 Å². The predicted octanol–water partition coefficient (Wildman–Crippen LogP) is 2.50. The van der Waals surface area contributed by atoms with Gasteiger partial charge in [-0.2, -0.15) is 0 Å². The molecular weight excluding hydrogens is 456 g/mol. The molecule has 1 unspecified atom stereocenters. The zero-order chi connectivity index (χ0) is 25.9. The molecule has 2 saturated heterocycles. The molecule has 1 aromatic heterocycles. The Labute approximate surface area is 216 Å². The highest BCUT2D eigenvalue weighted by atomic mass is 16.5. The van der Waals surface area contributed by atoms with E-state index in [-0.39, 0.29) is 6.61 Å². The number of hydrogen-bond acceptors (Lipinski definition) is 9. The quantitative estimate of drug-likeness (QED) is 0.539. The van der Waals surface area contributed by atoms with Crippen molar-refractivity contribution in [3.63, 3.8) is 0 Å². The number of anilines is 2. The summed E-state index contributed by atoms with van der Waals surface area (Å²) >= 11 is 0. The van der Waals surface area contributed by atoms with Crippen molar-refractivity contribution < 1.29 is 14.6 Å². The summed E-state index contributed by atoms with van der Waals surface area (Å²) in [4.78, 5) is 16.9. The van der Waals surface area contributed by atoms with Crippen molar-refractivity contribution in [1.29, 1.82) is 0 Å². The Balaban J connectivity index is 0.00000176. The van der Waals surface area contributed by atoms with Gasteiger partial charge in [0, 0.05) is 70.7 Å². The van der Waals surface area contributed by atoms with Gasteiger partial charge < -0.3 is 34.6 Å². The van der Waals surface area contributed by atoms with E-state index in [0.717, 1.165) is 69.4 Å². The molecule has 200 valence electrons. The molecule has 4 rings (SSSR count). The molecule has 1 aromatic carbocycles. The van der Waals surface area contributed by atoms with E-state index >= 15 is 0 Å². The molecule has 2 N–H and O–H groups in total. The van der Waals surface area contributed by atoms with Gasteiger partial charge in [-0.3, -0.25) is 0 Å². The molecule has 2 fully saturated rings. The predicted molar refractivity (Wildman–Crippen MR) is 146 cm³/mol. The summed E-state index contributed by atoms with van der Waals surface area (Å²) in [5.41, 5.74) is 0.901. The molecule has 0 amide bonds. The van der Waals surface area contributed by atoms with E-state index in [9.17, 15) is 5.11 Å². The van der Waals surface area contributed by atoms with E-state index in [2.05, 4.69) is 40.2 Å². The van der Waals surface area contributed by atoms with Gasteiger partial charge in [0.2, 0.25) is 0 Å².